The summed E-state index contributed by atoms with van der Waals surface area (Å²) in [7, 11) is 1.93. The number of nitrogens with zero attached hydrogens (tertiary/aromatic N) is 3. The lowest BCUT2D eigenvalue weighted by molar-refractivity contribution is 0.318. The molecule has 0 saturated heterocycles. The highest BCUT2D eigenvalue weighted by Gasteiger charge is 2.09. The number of amidine groups is 1. The molecule has 0 aliphatic carbocycles. The van der Waals surface area contributed by atoms with Gasteiger partial charge in [0.15, 0.2) is 5.84 Å². The maximum atomic E-state index is 8.72. The van der Waals surface area contributed by atoms with Crippen LogP contribution in [0.2, 0.25) is 0 Å². The lowest BCUT2D eigenvalue weighted by Gasteiger charge is -2.20. The standard InChI is InChI=1S/C14H16N4O/c1-10-5-4-8-16-14(10)18(2)12-7-3-6-11(9-12)13(15)17-19/h3-9,19H,1-2H3,(H2,15,17). The third-order valence-electron chi connectivity index (χ3n) is 2.94. The van der Waals surface area contributed by atoms with Crippen LogP contribution < -0.4 is 10.6 Å². The average Bonchev–Trinajstić information content (AvgIpc) is 2.46. The zero-order chi connectivity index (χ0) is 13.8. The molecule has 1 aromatic heterocycles. The minimum absolute atomic E-state index is 0.0907. The molecule has 0 fully saturated rings. The lowest BCUT2D eigenvalue weighted by atomic mass is 10.1. The summed E-state index contributed by atoms with van der Waals surface area (Å²) in [5.41, 5.74) is 8.27. The molecule has 0 saturated carbocycles. The van der Waals surface area contributed by atoms with Crippen LogP contribution in [0.15, 0.2) is 47.8 Å². The van der Waals surface area contributed by atoms with Crippen LogP contribution >= 0.6 is 0 Å². The Balaban J connectivity index is 2.40. The van der Waals surface area contributed by atoms with Crippen molar-refractivity contribution in [2.45, 2.75) is 6.92 Å². The van der Waals surface area contributed by atoms with Crippen molar-refractivity contribution in [2.75, 3.05) is 11.9 Å². The van der Waals surface area contributed by atoms with Gasteiger partial charge in [-0.15, -0.1) is 0 Å². The maximum absolute atomic E-state index is 8.72. The number of rotatable bonds is 3. The van der Waals surface area contributed by atoms with E-state index < -0.39 is 0 Å². The Hall–Kier alpha value is -2.56. The van der Waals surface area contributed by atoms with Gasteiger partial charge in [-0.2, -0.15) is 0 Å². The number of aryl methyl sites for hydroxylation is 1. The Kier molecular flexibility index (Phi) is 3.66. The molecule has 3 N–H and O–H groups in total. The summed E-state index contributed by atoms with van der Waals surface area (Å²) in [6.07, 6.45) is 1.76. The number of oxime groups is 1. The molecule has 0 unspecified atom stereocenters. The predicted molar refractivity (Wildman–Crippen MR) is 76.0 cm³/mol. The molecular weight excluding hydrogens is 240 g/mol. The smallest absolute Gasteiger partial charge is 0.170 e. The summed E-state index contributed by atoms with van der Waals surface area (Å²) < 4.78 is 0. The summed E-state index contributed by atoms with van der Waals surface area (Å²) in [4.78, 5) is 6.33. The SMILES string of the molecule is Cc1cccnc1N(C)c1cccc(C(N)=NO)c1. The maximum Gasteiger partial charge on any atom is 0.170 e. The van der Waals surface area contributed by atoms with Gasteiger partial charge in [-0.3, -0.25) is 0 Å². The van der Waals surface area contributed by atoms with Gasteiger partial charge in [0.2, 0.25) is 0 Å². The fraction of sp³-hybridized carbons (Fsp3) is 0.143. The largest absolute Gasteiger partial charge is 0.409 e. The fourth-order valence-electron chi connectivity index (χ4n) is 1.88. The Morgan fingerprint density at radius 1 is 1.32 bits per heavy atom. The predicted octanol–water partition coefficient (Wildman–Crippen LogP) is 2.25. The second-order valence-corrected chi connectivity index (χ2v) is 4.24. The van der Waals surface area contributed by atoms with Gasteiger partial charge >= 0.3 is 0 Å². The number of hydrogen-bond acceptors (Lipinski definition) is 4. The summed E-state index contributed by atoms with van der Waals surface area (Å²) in [6, 6.07) is 11.4. The van der Waals surface area contributed by atoms with Crippen molar-refractivity contribution in [3.8, 4) is 0 Å². The first kappa shape index (κ1) is 12.9. The number of benzene rings is 1. The molecule has 0 aliphatic rings. The summed E-state index contributed by atoms with van der Waals surface area (Å²) in [5, 5.41) is 11.7. The van der Waals surface area contributed by atoms with E-state index in [1.54, 1.807) is 12.3 Å². The van der Waals surface area contributed by atoms with Gasteiger partial charge in [0.25, 0.3) is 0 Å². The molecular formula is C14H16N4O. The molecule has 19 heavy (non-hydrogen) atoms. The molecule has 0 aliphatic heterocycles. The highest BCUT2D eigenvalue weighted by Crippen LogP contribution is 2.24. The van der Waals surface area contributed by atoms with Gasteiger partial charge in [0, 0.05) is 24.5 Å². The summed E-state index contributed by atoms with van der Waals surface area (Å²) >= 11 is 0. The highest BCUT2D eigenvalue weighted by atomic mass is 16.4. The number of anilines is 2. The van der Waals surface area contributed by atoms with Crippen LogP contribution in [0.5, 0.6) is 0 Å². The molecule has 0 bridgehead atoms. The van der Waals surface area contributed by atoms with Crippen molar-refractivity contribution in [1.29, 1.82) is 0 Å². The second kappa shape index (κ2) is 5.39. The van der Waals surface area contributed by atoms with Crippen LogP contribution in [-0.4, -0.2) is 23.1 Å². The van der Waals surface area contributed by atoms with E-state index in [1.165, 1.54) is 0 Å². The van der Waals surface area contributed by atoms with E-state index in [2.05, 4.69) is 10.1 Å². The molecule has 2 aromatic rings. The van der Waals surface area contributed by atoms with E-state index >= 15 is 0 Å². The van der Waals surface area contributed by atoms with Crippen LogP contribution in [0.3, 0.4) is 0 Å². The molecule has 1 heterocycles. The normalized spacial score (nSPS) is 11.4. The van der Waals surface area contributed by atoms with E-state index in [1.807, 2.05) is 49.2 Å². The third-order valence-corrected chi connectivity index (χ3v) is 2.94. The van der Waals surface area contributed by atoms with Gasteiger partial charge < -0.3 is 15.8 Å². The van der Waals surface area contributed by atoms with Crippen molar-refractivity contribution in [2.24, 2.45) is 10.9 Å². The first-order valence-electron chi connectivity index (χ1n) is 5.87. The van der Waals surface area contributed by atoms with E-state index in [4.69, 9.17) is 10.9 Å². The fourth-order valence-corrected chi connectivity index (χ4v) is 1.88. The number of hydrogen-bond donors (Lipinski definition) is 2. The Labute approximate surface area is 112 Å². The van der Waals surface area contributed by atoms with Crippen LogP contribution in [0.4, 0.5) is 11.5 Å². The molecule has 98 valence electrons. The lowest BCUT2D eigenvalue weighted by Crippen LogP contribution is -2.16. The minimum Gasteiger partial charge on any atom is -0.409 e. The molecule has 5 nitrogen and oxygen atoms in total. The number of nitrogens with two attached hydrogens (primary N) is 1. The molecule has 2 rings (SSSR count). The van der Waals surface area contributed by atoms with Crippen molar-refractivity contribution >= 4 is 17.3 Å². The average molecular weight is 256 g/mol. The summed E-state index contributed by atoms with van der Waals surface area (Å²) in [5.74, 6) is 0.965. The zero-order valence-electron chi connectivity index (χ0n) is 10.9. The molecule has 5 heteroatoms. The number of aromatic nitrogens is 1. The van der Waals surface area contributed by atoms with E-state index in [0.717, 1.165) is 17.1 Å². The first-order valence-corrected chi connectivity index (χ1v) is 5.87. The van der Waals surface area contributed by atoms with Crippen LogP contribution in [-0.2, 0) is 0 Å². The topological polar surface area (TPSA) is 74.7 Å². The van der Waals surface area contributed by atoms with Gasteiger partial charge in [0.1, 0.15) is 5.82 Å². The Morgan fingerprint density at radius 3 is 2.79 bits per heavy atom. The van der Waals surface area contributed by atoms with E-state index in [-0.39, 0.29) is 5.84 Å². The molecule has 0 spiro atoms. The zero-order valence-corrected chi connectivity index (χ0v) is 10.9. The quantitative estimate of drug-likeness (QED) is 0.382. The summed E-state index contributed by atoms with van der Waals surface area (Å²) in [6.45, 7) is 2.01. The Bertz CT molecular complexity index is 610. The van der Waals surface area contributed by atoms with Gasteiger partial charge in [0.05, 0.1) is 0 Å². The van der Waals surface area contributed by atoms with Gasteiger partial charge in [-0.05, 0) is 30.7 Å². The molecule has 0 radical (unpaired) electrons. The van der Waals surface area contributed by atoms with Crippen LogP contribution in [0.25, 0.3) is 0 Å². The first-order chi connectivity index (χ1) is 9.13. The van der Waals surface area contributed by atoms with Crippen molar-refractivity contribution in [1.82, 2.24) is 4.98 Å². The Morgan fingerprint density at radius 2 is 2.11 bits per heavy atom. The van der Waals surface area contributed by atoms with Gasteiger partial charge in [-0.25, -0.2) is 4.98 Å². The van der Waals surface area contributed by atoms with E-state index in [9.17, 15) is 0 Å². The highest BCUT2D eigenvalue weighted by molar-refractivity contribution is 5.98. The van der Waals surface area contributed by atoms with Crippen LogP contribution in [0, 0.1) is 6.92 Å². The van der Waals surface area contributed by atoms with Crippen LogP contribution in [0.1, 0.15) is 11.1 Å². The van der Waals surface area contributed by atoms with Crippen molar-refractivity contribution < 1.29 is 5.21 Å². The molecule has 0 amide bonds. The minimum atomic E-state index is 0.0907. The van der Waals surface area contributed by atoms with Crippen molar-refractivity contribution in [3.05, 3.63) is 53.7 Å². The van der Waals surface area contributed by atoms with E-state index in [0.29, 0.717) is 5.56 Å². The second-order valence-electron chi connectivity index (χ2n) is 4.24. The third kappa shape index (κ3) is 2.65. The molecule has 0 atom stereocenters. The number of pyridine rings is 1. The van der Waals surface area contributed by atoms with Gasteiger partial charge in [-0.1, -0.05) is 23.4 Å². The molecule has 1 aromatic carbocycles. The monoisotopic (exact) mass is 256 g/mol. The van der Waals surface area contributed by atoms with Crippen molar-refractivity contribution in [3.63, 3.8) is 0 Å².